The fourth-order valence-corrected chi connectivity index (χ4v) is 5.42. The van der Waals surface area contributed by atoms with Crippen LogP contribution in [0.4, 0.5) is 0 Å². The summed E-state index contributed by atoms with van der Waals surface area (Å²) >= 11 is 0. The Balaban J connectivity index is 1.71. The fraction of sp³-hybridized carbons (Fsp3) is 0.636. The van der Waals surface area contributed by atoms with Crippen LogP contribution in [-0.4, -0.2) is 72.4 Å². The fourth-order valence-electron chi connectivity index (χ4n) is 3.91. The molecule has 0 aromatic carbocycles. The molecule has 0 N–H and O–H groups in total. The summed E-state index contributed by atoms with van der Waals surface area (Å²) in [4.78, 5) is 48.6. The molecule has 2 fully saturated rings. The van der Waals surface area contributed by atoms with E-state index in [-0.39, 0.29) is 31.3 Å². The Kier molecular flexibility index (Phi) is 8.19. The summed E-state index contributed by atoms with van der Waals surface area (Å²) in [7, 11) is -4.23. The molecule has 0 aromatic rings. The second-order valence-electron chi connectivity index (χ2n) is 8.75. The third-order valence-electron chi connectivity index (χ3n) is 5.50. The van der Waals surface area contributed by atoms with Crippen LogP contribution in [0.2, 0.25) is 0 Å². The Labute approximate surface area is 202 Å². The number of carbonyl (C=O) groups excluding carboxylic acids is 4. The van der Waals surface area contributed by atoms with E-state index in [1.165, 1.54) is 17.2 Å². The molecule has 3 rings (SSSR count). The lowest BCUT2D eigenvalue weighted by Gasteiger charge is -2.37. The van der Waals surface area contributed by atoms with Gasteiger partial charge in [-0.2, -0.15) is 0 Å². The SMILES string of the molecule is C#C[C@]1(C)[C@@H]2O[P@@](=O)(OC[C@H](CC(=O)OC(C)C)OC(C)=O)OC[C@H]2O[C@H]1N1C=CC(=O)CC1=O. The van der Waals surface area contributed by atoms with E-state index in [0.29, 0.717) is 0 Å². The van der Waals surface area contributed by atoms with E-state index >= 15 is 0 Å². The van der Waals surface area contributed by atoms with E-state index in [0.717, 1.165) is 6.92 Å². The van der Waals surface area contributed by atoms with Crippen LogP contribution in [0.1, 0.15) is 40.5 Å². The number of phosphoric ester groups is 1. The second kappa shape index (κ2) is 10.6. The molecule has 13 heteroatoms. The molecule has 3 heterocycles. The number of esters is 2. The number of nitrogens with zero attached hydrogens (tertiary/aromatic N) is 1. The van der Waals surface area contributed by atoms with Crippen LogP contribution in [0.15, 0.2) is 12.3 Å². The molecule has 0 spiro atoms. The van der Waals surface area contributed by atoms with E-state index < -0.39 is 62.2 Å². The van der Waals surface area contributed by atoms with Crippen molar-refractivity contribution >= 4 is 31.5 Å². The lowest BCUT2D eigenvalue weighted by Crippen LogP contribution is -2.49. The van der Waals surface area contributed by atoms with Crippen LogP contribution in [0.5, 0.6) is 0 Å². The first-order valence-corrected chi connectivity index (χ1v) is 12.4. The highest BCUT2D eigenvalue weighted by Gasteiger charge is 2.61. The van der Waals surface area contributed by atoms with Crippen molar-refractivity contribution in [3.05, 3.63) is 12.3 Å². The van der Waals surface area contributed by atoms with Crippen molar-refractivity contribution in [2.45, 2.75) is 71.2 Å². The smallest absolute Gasteiger partial charge is 0.463 e. The zero-order valence-corrected chi connectivity index (χ0v) is 20.7. The number of ketones is 1. The Morgan fingerprint density at radius 3 is 2.66 bits per heavy atom. The summed E-state index contributed by atoms with van der Waals surface area (Å²) in [6.07, 6.45) is 3.40. The number of hydrogen-bond acceptors (Lipinski definition) is 11. The molecule has 35 heavy (non-hydrogen) atoms. The highest BCUT2D eigenvalue weighted by atomic mass is 31.2. The molecule has 0 bridgehead atoms. The summed E-state index contributed by atoms with van der Waals surface area (Å²) < 4.78 is 45.6. The Morgan fingerprint density at radius 2 is 2.06 bits per heavy atom. The van der Waals surface area contributed by atoms with Crippen LogP contribution >= 0.6 is 7.82 Å². The minimum absolute atomic E-state index is 0.228. The molecule has 2 saturated heterocycles. The number of carbonyl (C=O) groups is 4. The first-order valence-electron chi connectivity index (χ1n) is 11.0. The molecule has 1 amide bonds. The van der Waals surface area contributed by atoms with Crippen LogP contribution in [0.25, 0.3) is 0 Å². The maximum Gasteiger partial charge on any atom is 0.475 e. The molecule has 0 aliphatic carbocycles. The van der Waals surface area contributed by atoms with Gasteiger partial charge in [0, 0.05) is 13.1 Å². The molecular weight excluding hydrogens is 485 g/mol. The number of rotatable bonds is 8. The predicted octanol–water partition coefficient (Wildman–Crippen LogP) is 1.48. The maximum atomic E-state index is 13.2. The van der Waals surface area contributed by atoms with Crippen LogP contribution in [0, 0.1) is 17.8 Å². The molecule has 6 atom stereocenters. The zero-order chi connectivity index (χ0) is 26.0. The molecule has 3 aliphatic rings. The molecular formula is C22H28NO11P. The molecule has 0 radical (unpaired) electrons. The van der Waals surface area contributed by atoms with Gasteiger partial charge in [0.05, 0.1) is 32.2 Å². The van der Waals surface area contributed by atoms with E-state index in [1.807, 2.05) is 0 Å². The Morgan fingerprint density at radius 1 is 1.34 bits per heavy atom. The number of ether oxygens (including phenoxy) is 3. The molecule has 192 valence electrons. The van der Waals surface area contributed by atoms with Crippen LogP contribution in [-0.2, 0) is 51.5 Å². The first kappa shape index (κ1) is 27.0. The van der Waals surface area contributed by atoms with Gasteiger partial charge in [-0.3, -0.25) is 37.6 Å². The predicted molar refractivity (Wildman–Crippen MR) is 117 cm³/mol. The van der Waals surface area contributed by atoms with Crippen molar-refractivity contribution in [2.24, 2.45) is 5.41 Å². The van der Waals surface area contributed by atoms with Crippen molar-refractivity contribution in [1.29, 1.82) is 0 Å². The minimum atomic E-state index is -4.23. The number of terminal acetylenes is 1. The number of phosphoric acid groups is 1. The van der Waals surface area contributed by atoms with Gasteiger partial charge in [0.1, 0.15) is 23.7 Å². The van der Waals surface area contributed by atoms with Crippen molar-refractivity contribution in [3.63, 3.8) is 0 Å². The van der Waals surface area contributed by atoms with E-state index in [4.69, 9.17) is 34.2 Å². The highest BCUT2D eigenvalue weighted by molar-refractivity contribution is 7.48. The molecule has 0 unspecified atom stereocenters. The van der Waals surface area contributed by atoms with Crippen LogP contribution in [0.3, 0.4) is 0 Å². The lowest BCUT2D eigenvalue weighted by atomic mass is 9.82. The van der Waals surface area contributed by atoms with Gasteiger partial charge in [-0.1, -0.05) is 5.92 Å². The maximum absolute atomic E-state index is 13.2. The van der Waals surface area contributed by atoms with Gasteiger partial charge in [-0.25, -0.2) is 4.57 Å². The Hall–Kier alpha value is -2.55. The number of amides is 1. The van der Waals surface area contributed by atoms with E-state index in [2.05, 4.69) is 5.92 Å². The zero-order valence-electron chi connectivity index (χ0n) is 19.8. The number of allylic oxidation sites excluding steroid dienone is 1. The largest absolute Gasteiger partial charge is 0.475 e. The molecule has 0 saturated carbocycles. The monoisotopic (exact) mass is 513 g/mol. The van der Waals surface area contributed by atoms with Gasteiger partial charge in [0.15, 0.2) is 12.0 Å². The van der Waals surface area contributed by atoms with Crippen molar-refractivity contribution < 1.29 is 51.5 Å². The van der Waals surface area contributed by atoms with Gasteiger partial charge in [-0.05, 0) is 26.8 Å². The van der Waals surface area contributed by atoms with Gasteiger partial charge >= 0.3 is 19.8 Å². The molecule has 3 aliphatic heterocycles. The van der Waals surface area contributed by atoms with Crippen molar-refractivity contribution in [1.82, 2.24) is 4.90 Å². The first-order chi connectivity index (χ1) is 16.4. The number of fused-ring (bicyclic) bond motifs is 1. The van der Waals surface area contributed by atoms with Gasteiger partial charge in [0.2, 0.25) is 5.91 Å². The standard InChI is InChI=1S/C22H28NO11P/c1-6-22(5)20-17(33-21(22)23-8-7-15(25)9-18(23)26)12-30-35(28,34-20)29-11-16(32-14(4)24)10-19(27)31-13(2)3/h1,7-8,13,16-17,20-21H,9-12H2,2-5H3/t16-,17+,20+,21+,22+,35-/m0/s1. The average Bonchev–Trinajstić information content (AvgIpc) is 3.03. The van der Waals surface area contributed by atoms with Gasteiger partial charge in [-0.15, -0.1) is 6.42 Å². The van der Waals surface area contributed by atoms with E-state index in [9.17, 15) is 23.7 Å². The quantitative estimate of drug-likeness (QED) is 0.201. The highest BCUT2D eigenvalue weighted by Crippen LogP contribution is 2.59. The van der Waals surface area contributed by atoms with Gasteiger partial charge in [0.25, 0.3) is 0 Å². The lowest BCUT2D eigenvalue weighted by molar-refractivity contribution is -0.157. The summed E-state index contributed by atoms with van der Waals surface area (Å²) in [6, 6.07) is 0. The number of hydrogen-bond donors (Lipinski definition) is 0. The summed E-state index contributed by atoms with van der Waals surface area (Å²) in [6.45, 7) is 5.37. The molecule has 0 aromatic heterocycles. The minimum Gasteiger partial charge on any atom is -0.463 e. The summed E-state index contributed by atoms with van der Waals surface area (Å²) in [5, 5.41) is 0. The Bertz CT molecular complexity index is 1000. The van der Waals surface area contributed by atoms with Gasteiger partial charge < -0.3 is 14.2 Å². The average molecular weight is 513 g/mol. The second-order valence-corrected chi connectivity index (χ2v) is 10.4. The topological polar surface area (TPSA) is 144 Å². The summed E-state index contributed by atoms with van der Waals surface area (Å²) in [5.74, 6) is 0.408. The normalized spacial score (nSPS) is 33.3. The summed E-state index contributed by atoms with van der Waals surface area (Å²) in [5.41, 5.74) is -1.27. The molecule has 12 nitrogen and oxygen atoms in total. The van der Waals surface area contributed by atoms with Crippen molar-refractivity contribution in [2.75, 3.05) is 13.2 Å². The third kappa shape index (κ3) is 6.18. The van der Waals surface area contributed by atoms with Crippen LogP contribution < -0.4 is 0 Å². The van der Waals surface area contributed by atoms with E-state index in [1.54, 1.807) is 20.8 Å². The van der Waals surface area contributed by atoms with Crippen molar-refractivity contribution in [3.8, 4) is 12.3 Å². The third-order valence-corrected chi connectivity index (χ3v) is 6.91.